The maximum atomic E-state index is 11.4. The number of benzene rings is 1. The van der Waals surface area contributed by atoms with E-state index < -0.39 is 0 Å². The molecule has 0 aromatic heterocycles. The molecule has 3 heteroatoms. The lowest BCUT2D eigenvalue weighted by molar-refractivity contribution is -0.120. The summed E-state index contributed by atoms with van der Waals surface area (Å²) in [5, 5.41) is 6.14. The largest absolute Gasteiger partial charge is 0.385 e. The van der Waals surface area contributed by atoms with E-state index in [0.29, 0.717) is 18.9 Å². The van der Waals surface area contributed by atoms with E-state index in [4.69, 9.17) is 0 Å². The van der Waals surface area contributed by atoms with E-state index in [1.807, 2.05) is 31.2 Å². The summed E-state index contributed by atoms with van der Waals surface area (Å²) < 4.78 is 0. The average molecular weight is 234 g/mol. The summed E-state index contributed by atoms with van der Waals surface area (Å²) in [7, 11) is 0. The molecule has 0 unspecified atom stereocenters. The van der Waals surface area contributed by atoms with Crippen LogP contribution in [0.3, 0.4) is 0 Å². The van der Waals surface area contributed by atoms with Crippen LogP contribution in [0.1, 0.15) is 26.3 Å². The summed E-state index contributed by atoms with van der Waals surface area (Å²) >= 11 is 0. The Balaban J connectivity index is 2.47. The monoisotopic (exact) mass is 234 g/mol. The highest BCUT2D eigenvalue weighted by Crippen LogP contribution is 2.10. The third-order valence-electron chi connectivity index (χ3n) is 2.41. The normalized spacial score (nSPS) is 10.4. The standard InChI is InChI=1S/C14H22N2O/c1-4-15-14(17)9-12-5-7-13(8-6-12)16-10-11(2)3/h5-8,11,16H,4,9-10H2,1-3H3,(H,15,17). The minimum Gasteiger partial charge on any atom is -0.385 e. The summed E-state index contributed by atoms with van der Waals surface area (Å²) in [6.45, 7) is 7.94. The molecule has 0 heterocycles. The molecule has 0 saturated carbocycles. The summed E-state index contributed by atoms with van der Waals surface area (Å²) in [5.74, 6) is 0.709. The van der Waals surface area contributed by atoms with Crippen LogP contribution < -0.4 is 10.6 Å². The molecular formula is C14H22N2O. The Labute approximate surface area is 104 Å². The molecule has 0 radical (unpaired) electrons. The smallest absolute Gasteiger partial charge is 0.224 e. The molecule has 1 aromatic rings. The van der Waals surface area contributed by atoms with Gasteiger partial charge in [-0.15, -0.1) is 0 Å². The molecule has 3 nitrogen and oxygen atoms in total. The Bertz CT molecular complexity index is 344. The number of carbonyl (C=O) groups excluding carboxylic acids is 1. The van der Waals surface area contributed by atoms with Crippen molar-refractivity contribution in [3.63, 3.8) is 0 Å². The van der Waals surface area contributed by atoms with E-state index in [9.17, 15) is 4.79 Å². The minimum atomic E-state index is 0.0791. The number of anilines is 1. The molecule has 0 fully saturated rings. The van der Waals surface area contributed by atoms with E-state index in [2.05, 4.69) is 24.5 Å². The van der Waals surface area contributed by atoms with Crippen LogP contribution in [0.25, 0.3) is 0 Å². The predicted octanol–water partition coefficient (Wildman–Crippen LogP) is 2.43. The van der Waals surface area contributed by atoms with E-state index in [1.165, 1.54) is 0 Å². The molecule has 2 N–H and O–H groups in total. The second-order valence-corrected chi connectivity index (χ2v) is 4.60. The zero-order valence-electron chi connectivity index (χ0n) is 10.9. The zero-order valence-corrected chi connectivity index (χ0v) is 10.9. The predicted molar refractivity (Wildman–Crippen MR) is 72.2 cm³/mol. The van der Waals surface area contributed by atoms with Gasteiger partial charge in [-0.3, -0.25) is 4.79 Å². The van der Waals surface area contributed by atoms with E-state index in [-0.39, 0.29) is 5.91 Å². The van der Waals surface area contributed by atoms with Crippen LogP contribution in [-0.4, -0.2) is 19.0 Å². The topological polar surface area (TPSA) is 41.1 Å². The van der Waals surface area contributed by atoms with Crippen LogP contribution in [-0.2, 0) is 11.2 Å². The third kappa shape index (κ3) is 5.38. The summed E-state index contributed by atoms with van der Waals surface area (Å²) in [6.07, 6.45) is 0.457. The van der Waals surface area contributed by atoms with Crippen molar-refractivity contribution in [3.05, 3.63) is 29.8 Å². The van der Waals surface area contributed by atoms with Gasteiger partial charge in [0.1, 0.15) is 0 Å². The van der Waals surface area contributed by atoms with Gasteiger partial charge < -0.3 is 10.6 Å². The van der Waals surface area contributed by atoms with Crippen LogP contribution in [0.2, 0.25) is 0 Å². The molecule has 0 bridgehead atoms. The van der Waals surface area contributed by atoms with Crippen LogP contribution in [0, 0.1) is 5.92 Å². The Morgan fingerprint density at radius 1 is 1.24 bits per heavy atom. The second-order valence-electron chi connectivity index (χ2n) is 4.60. The number of amides is 1. The fourth-order valence-electron chi connectivity index (χ4n) is 1.51. The van der Waals surface area contributed by atoms with Crippen molar-refractivity contribution in [2.45, 2.75) is 27.2 Å². The first-order valence-electron chi connectivity index (χ1n) is 6.21. The maximum absolute atomic E-state index is 11.4. The summed E-state index contributed by atoms with van der Waals surface area (Å²) in [5.41, 5.74) is 2.16. The van der Waals surface area contributed by atoms with Crippen molar-refractivity contribution in [2.24, 2.45) is 5.92 Å². The fraction of sp³-hybridized carbons (Fsp3) is 0.500. The van der Waals surface area contributed by atoms with Crippen LogP contribution in [0.15, 0.2) is 24.3 Å². The van der Waals surface area contributed by atoms with E-state index >= 15 is 0 Å². The lowest BCUT2D eigenvalue weighted by Crippen LogP contribution is -2.24. The first kappa shape index (κ1) is 13.6. The SMILES string of the molecule is CCNC(=O)Cc1ccc(NCC(C)C)cc1. The van der Waals surface area contributed by atoms with Gasteiger partial charge in [-0.05, 0) is 30.5 Å². The van der Waals surface area contributed by atoms with Crippen LogP contribution in [0.4, 0.5) is 5.69 Å². The lowest BCUT2D eigenvalue weighted by atomic mass is 10.1. The van der Waals surface area contributed by atoms with E-state index in [0.717, 1.165) is 17.8 Å². The van der Waals surface area contributed by atoms with Crippen LogP contribution in [0.5, 0.6) is 0 Å². The molecule has 1 amide bonds. The Kier molecular flexibility index (Phi) is 5.53. The fourth-order valence-corrected chi connectivity index (χ4v) is 1.51. The van der Waals surface area contributed by atoms with Crippen molar-refractivity contribution in [1.29, 1.82) is 0 Å². The van der Waals surface area contributed by atoms with Gasteiger partial charge in [0.05, 0.1) is 6.42 Å². The molecule has 0 aliphatic carbocycles. The van der Waals surface area contributed by atoms with Gasteiger partial charge in [0.15, 0.2) is 0 Å². The first-order chi connectivity index (χ1) is 8.11. The molecule has 0 aliphatic heterocycles. The minimum absolute atomic E-state index is 0.0791. The molecular weight excluding hydrogens is 212 g/mol. The van der Waals surface area contributed by atoms with Crippen molar-refractivity contribution in [3.8, 4) is 0 Å². The van der Waals surface area contributed by atoms with Gasteiger partial charge in [-0.25, -0.2) is 0 Å². The number of hydrogen-bond donors (Lipinski definition) is 2. The third-order valence-corrected chi connectivity index (χ3v) is 2.41. The highest BCUT2D eigenvalue weighted by Gasteiger charge is 2.01. The molecule has 0 saturated heterocycles. The molecule has 0 atom stereocenters. The molecule has 17 heavy (non-hydrogen) atoms. The average Bonchev–Trinajstić information content (AvgIpc) is 2.28. The van der Waals surface area contributed by atoms with Crippen molar-refractivity contribution >= 4 is 11.6 Å². The molecule has 94 valence electrons. The second kappa shape index (κ2) is 6.94. The van der Waals surface area contributed by atoms with Gasteiger partial charge in [-0.1, -0.05) is 26.0 Å². The van der Waals surface area contributed by atoms with Crippen molar-refractivity contribution in [2.75, 3.05) is 18.4 Å². The molecule has 1 aromatic carbocycles. The molecule has 1 rings (SSSR count). The quantitative estimate of drug-likeness (QED) is 0.793. The van der Waals surface area contributed by atoms with Gasteiger partial charge in [0, 0.05) is 18.8 Å². The lowest BCUT2D eigenvalue weighted by Gasteiger charge is -2.09. The van der Waals surface area contributed by atoms with Gasteiger partial charge >= 0.3 is 0 Å². The summed E-state index contributed by atoms with van der Waals surface area (Å²) in [4.78, 5) is 11.4. The Hall–Kier alpha value is -1.51. The highest BCUT2D eigenvalue weighted by molar-refractivity contribution is 5.78. The number of rotatable bonds is 6. The number of nitrogens with one attached hydrogen (secondary N) is 2. The molecule has 0 aliphatic rings. The van der Waals surface area contributed by atoms with E-state index in [1.54, 1.807) is 0 Å². The highest BCUT2D eigenvalue weighted by atomic mass is 16.1. The van der Waals surface area contributed by atoms with Crippen molar-refractivity contribution in [1.82, 2.24) is 5.32 Å². The van der Waals surface area contributed by atoms with Gasteiger partial charge in [-0.2, -0.15) is 0 Å². The van der Waals surface area contributed by atoms with Gasteiger partial charge in [0.2, 0.25) is 5.91 Å². The number of hydrogen-bond acceptors (Lipinski definition) is 2. The zero-order chi connectivity index (χ0) is 12.7. The Morgan fingerprint density at radius 3 is 2.41 bits per heavy atom. The number of likely N-dealkylation sites (N-methyl/N-ethyl adjacent to an activating group) is 1. The van der Waals surface area contributed by atoms with Crippen LogP contribution >= 0.6 is 0 Å². The number of carbonyl (C=O) groups is 1. The maximum Gasteiger partial charge on any atom is 0.224 e. The van der Waals surface area contributed by atoms with Gasteiger partial charge in [0.25, 0.3) is 0 Å². The summed E-state index contributed by atoms with van der Waals surface area (Å²) in [6, 6.07) is 8.05. The Morgan fingerprint density at radius 2 is 1.88 bits per heavy atom. The first-order valence-corrected chi connectivity index (χ1v) is 6.21. The van der Waals surface area contributed by atoms with Crippen molar-refractivity contribution < 1.29 is 4.79 Å². The molecule has 0 spiro atoms.